The van der Waals surface area contributed by atoms with Gasteiger partial charge in [0.25, 0.3) is 5.69 Å². The van der Waals surface area contributed by atoms with E-state index < -0.39 is 27.2 Å². The molecule has 1 heterocycles. The van der Waals surface area contributed by atoms with Gasteiger partial charge in [0, 0.05) is 6.07 Å². The van der Waals surface area contributed by atoms with Gasteiger partial charge in [-0.1, -0.05) is 30.7 Å². The molecule has 2 aromatic rings. The van der Waals surface area contributed by atoms with Gasteiger partial charge in [-0.25, -0.2) is 9.80 Å². The van der Waals surface area contributed by atoms with E-state index in [4.69, 9.17) is 4.84 Å². The number of carbonyl (C=O) groups is 1. The third kappa shape index (κ3) is 4.06. The Labute approximate surface area is 163 Å². The molecule has 0 spiro atoms. The average molecular weight is 398 g/mol. The van der Waals surface area contributed by atoms with E-state index in [0.717, 1.165) is 18.2 Å². The molecular formula is C17H14N6O6. The van der Waals surface area contributed by atoms with Crippen LogP contribution in [-0.4, -0.2) is 15.8 Å². The second kappa shape index (κ2) is 8.22. The molecule has 1 saturated heterocycles. The molecule has 1 aliphatic heterocycles. The minimum atomic E-state index is -0.790. The van der Waals surface area contributed by atoms with Gasteiger partial charge in [-0.05, 0) is 24.6 Å². The summed E-state index contributed by atoms with van der Waals surface area (Å²) in [4.78, 5) is 37.6. The van der Waals surface area contributed by atoms with Crippen molar-refractivity contribution in [2.45, 2.75) is 13.3 Å². The van der Waals surface area contributed by atoms with E-state index in [9.17, 15) is 25.0 Å². The van der Waals surface area contributed by atoms with Crippen LogP contribution in [0.15, 0.2) is 70.2 Å². The van der Waals surface area contributed by atoms with Crippen LogP contribution in [-0.2, 0) is 9.63 Å². The number of nitro groups is 2. The number of rotatable bonds is 6. The van der Waals surface area contributed by atoms with Gasteiger partial charge < -0.3 is 4.84 Å². The molecule has 1 fully saturated rings. The maximum absolute atomic E-state index is 12.2. The van der Waals surface area contributed by atoms with E-state index in [1.54, 1.807) is 37.3 Å². The Morgan fingerprint density at radius 2 is 1.86 bits per heavy atom. The van der Waals surface area contributed by atoms with E-state index in [1.807, 2.05) is 0 Å². The quantitative estimate of drug-likeness (QED) is 0.334. The SMILES string of the molecule is CC/C(N=Nc1ccc([N+](=O)[O-])cc1[N+](=O)[O-])=C1/C(=O)ONN1c1ccccc1. The van der Waals surface area contributed by atoms with Crippen LogP contribution in [0.3, 0.4) is 0 Å². The highest BCUT2D eigenvalue weighted by Gasteiger charge is 2.32. The Bertz CT molecular complexity index is 1040. The fraction of sp³-hybridized carbons (Fsp3) is 0.118. The van der Waals surface area contributed by atoms with Crippen LogP contribution in [0.1, 0.15) is 13.3 Å². The van der Waals surface area contributed by atoms with Crippen LogP contribution in [0.4, 0.5) is 22.7 Å². The number of anilines is 1. The van der Waals surface area contributed by atoms with Gasteiger partial charge in [0.15, 0.2) is 11.4 Å². The van der Waals surface area contributed by atoms with Crippen molar-refractivity contribution in [2.24, 2.45) is 10.2 Å². The van der Waals surface area contributed by atoms with Crippen LogP contribution >= 0.6 is 0 Å². The highest BCUT2D eigenvalue weighted by molar-refractivity contribution is 5.95. The normalized spacial score (nSPS) is 15.5. The lowest BCUT2D eigenvalue weighted by Gasteiger charge is -2.16. The number of non-ortho nitro benzene ring substituents is 1. The summed E-state index contributed by atoms with van der Waals surface area (Å²) in [6.07, 6.45) is 0.264. The van der Waals surface area contributed by atoms with Gasteiger partial charge in [0.1, 0.15) is 0 Å². The predicted octanol–water partition coefficient (Wildman–Crippen LogP) is 3.69. The number of hydrogen-bond acceptors (Lipinski definition) is 10. The summed E-state index contributed by atoms with van der Waals surface area (Å²) < 4.78 is 0. The first-order chi connectivity index (χ1) is 13.9. The van der Waals surface area contributed by atoms with Crippen molar-refractivity contribution in [3.8, 4) is 0 Å². The third-order valence-corrected chi connectivity index (χ3v) is 3.91. The molecular weight excluding hydrogens is 384 g/mol. The zero-order chi connectivity index (χ0) is 21.0. The summed E-state index contributed by atoms with van der Waals surface area (Å²) in [5.41, 5.74) is 2.17. The number of carbonyl (C=O) groups excluding carboxylic acids is 1. The van der Waals surface area contributed by atoms with Crippen LogP contribution in [0, 0.1) is 20.2 Å². The molecule has 0 saturated carbocycles. The lowest BCUT2D eigenvalue weighted by atomic mass is 10.2. The first kappa shape index (κ1) is 19.6. The fourth-order valence-corrected chi connectivity index (χ4v) is 2.53. The second-order valence-corrected chi connectivity index (χ2v) is 5.69. The number of nitrogens with one attached hydrogen (secondary N) is 1. The maximum Gasteiger partial charge on any atom is 0.378 e. The molecule has 0 unspecified atom stereocenters. The van der Waals surface area contributed by atoms with Crippen LogP contribution < -0.4 is 10.6 Å². The molecule has 2 aromatic carbocycles. The van der Waals surface area contributed by atoms with Crippen molar-refractivity contribution in [3.05, 3.63) is 80.2 Å². The number of benzene rings is 2. The van der Waals surface area contributed by atoms with Crippen molar-refractivity contribution < 1.29 is 19.5 Å². The molecule has 148 valence electrons. The van der Waals surface area contributed by atoms with Crippen molar-refractivity contribution in [1.82, 2.24) is 5.59 Å². The molecule has 0 amide bonds. The first-order valence-corrected chi connectivity index (χ1v) is 8.32. The molecule has 29 heavy (non-hydrogen) atoms. The summed E-state index contributed by atoms with van der Waals surface area (Å²) in [5, 5.41) is 31.3. The minimum Gasteiger partial charge on any atom is -0.345 e. The van der Waals surface area contributed by atoms with Gasteiger partial charge in [-0.2, -0.15) is 5.11 Å². The molecule has 3 rings (SSSR count). The molecule has 12 heteroatoms. The largest absolute Gasteiger partial charge is 0.378 e. The average Bonchev–Trinajstić information content (AvgIpc) is 3.10. The molecule has 0 atom stereocenters. The number of azo groups is 1. The zero-order valence-electron chi connectivity index (χ0n) is 15.0. The molecule has 0 aromatic heterocycles. The number of nitro benzene ring substituents is 2. The molecule has 1 aliphatic rings. The topological polar surface area (TPSA) is 153 Å². The Hall–Kier alpha value is -4.19. The summed E-state index contributed by atoms with van der Waals surface area (Å²) >= 11 is 0. The molecule has 0 radical (unpaired) electrons. The highest BCUT2D eigenvalue weighted by Crippen LogP contribution is 2.33. The lowest BCUT2D eigenvalue weighted by Crippen LogP contribution is -2.29. The molecule has 1 N–H and O–H groups in total. The van der Waals surface area contributed by atoms with Gasteiger partial charge >= 0.3 is 11.7 Å². The smallest absolute Gasteiger partial charge is 0.345 e. The monoisotopic (exact) mass is 398 g/mol. The summed E-state index contributed by atoms with van der Waals surface area (Å²) in [7, 11) is 0. The van der Waals surface area contributed by atoms with Crippen molar-refractivity contribution in [3.63, 3.8) is 0 Å². The highest BCUT2D eigenvalue weighted by atomic mass is 16.7. The Morgan fingerprint density at radius 3 is 2.48 bits per heavy atom. The first-order valence-electron chi connectivity index (χ1n) is 8.32. The van der Waals surface area contributed by atoms with Gasteiger partial charge in [0.2, 0.25) is 0 Å². The standard InChI is InChI=1S/C17H14N6O6/c1-2-13(16-17(24)29-20-21(16)11-6-4-3-5-7-11)18-19-14-9-8-12(22(25)26)10-15(14)23(27)28/h3-10,20H,2H2,1H3/b16-13+,19-18?. The predicted molar refractivity (Wildman–Crippen MR) is 99.7 cm³/mol. The van der Waals surface area contributed by atoms with E-state index >= 15 is 0 Å². The van der Waals surface area contributed by atoms with Crippen LogP contribution in [0.5, 0.6) is 0 Å². The second-order valence-electron chi connectivity index (χ2n) is 5.69. The minimum absolute atomic E-state index is 0.0759. The number of hydrogen-bond donors (Lipinski definition) is 1. The van der Waals surface area contributed by atoms with Crippen molar-refractivity contribution >= 4 is 28.7 Å². The fourth-order valence-electron chi connectivity index (χ4n) is 2.53. The third-order valence-electron chi connectivity index (χ3n) is 3.91. The lowest BCUT2D eigenvalue weighted by molar-refractivity contribution is -0.393. The van der Waals surface area contributed by atoms with Gasteiger partial charge in [-0.3, -0.25) is 20.2 Å². The number of hydrazine groups is 1. The summed E-state index contributed by atoms with van der Waals surface area (Å²) in [6, 6.07) is 11.8. The van der Waals surface area contributed by atoms with Crippen molar-refractivity contribution in [1.29, 1.82) is 0 Å². The van der Waals surface area contributed by atoms with Crippen LogP contribution in [0.2, 0.25) is 0 Å². The molecule has 0 aliphatic carbocycles. The number of allylic oxidation sites excluding steroid dienone is 1. The molecule has 12 nitrogen and oxygen atoms in total. The Balaban J connectivity index is 2.02. The van der Waals surface area contributed by atoms with E-state index in [1.165, 1.54) is 5.01 Å². The Kier molecular flexibility index (Phi) is 5.55. The number of nitrogens with zero attached hydrogens (tertiary/aromatic N) is 5. The Morgan fingerprint density at radius 1 is 1.14 bits per heavy atom. The van der Waals surface area contributed by atoms with Crippen LogP contribution in [0.25, 0.3) is 0 Å². The van der Waals surface area contributed by atoms with E-state index in [0.29, 0.717) is 5.69 Å². The van der Waals surface area contributed by atoms with Crippen molar-refractivity contribution in [2.75, 3.05) is 5.01 Å². The maximum atomic E-state index is 12.2. The summed E-state index contributed by atoms with van der Waals surface area (Å²) in [6.45, 7) is 1.72. The van der Waals surface area contributed by atoms with Gasteiger partial charge in [-0.15, -0.1) is 5.11 Å². The molecule has 0 bridgehead atoms. The number of para-hydroxylation sites is 1. The van der Waals surface area contributed by atoms with E-state index in [-0.39, 0.29) is 23.5 Å². The summed E-state index contributed by atoms with van der Waals surface area (Å²) in [5.74, 6) is -0.692. The van der Waals surface area contributed by atoms with E-state index in [2.05, 4.69) is 15.8 Å². The van der Waals surface area contributed by atoms with Gasteiger partial charge in [0.05, 0.1) is 27.3 Å². The zero-order valence-corrected chi connectivity index (χ0v) is 15.0.